The first kappa shape index (κ1) is 16.4. The molecule has 0 bridgehead atoms. The lowest BCUT2D eigenvalue weighted by Gasteiger charge is -2.36. The molecule has 24 heavy (non-hydrogen) atoms. The van der Waals surface area contributed by atoms with E-state index >= 15 is 0 Å². The summed E-state index contributed by atoms with van der Waals surface area (Å²) in [5, 5.41) is 7.91. The highest BCUT2D eigenvalue weighted by Crippen LogP contribution is 2.21. The number of carbonyl (C=O) groups excluding carboxylic acids is 1. The predicted octanol–water partition coefficient (Wildman–Crippen LogP) is 1.81. The minimum Gasteiger partial charge on any atom is -0.480 e. The Balaban J connectivity index is 1.80. The molecule has 7 nitrogen and oxygen atoms in total. The number of nitrogens with zero attached hydrogens (tertiary/aromatic N) is 4. The van der Waals surface area contributed by atoms with Gasteiger partial charge in [-0.05, 0) is 51.2 Å². The van der Waals surface area contributed by atoms with Crippen molar-refractivity contribution in [2.45, 2.75) is 25.4 Å². The molecule has 2 aromatic heterocycles. The molecule has 0 aliphatic carbocycles. The molecule has 1 fully saturated rings. The average Bonchev–Trinajstić information content (AvgIpc) is 3.13. The Morgan fingerprint density at radius 3 is 2.71 bits per heavy atom. The summed E-state index contributed by atoms with van der Waals surface area (Å²) in [6, 6.07) is 7.19. The average molecular weight is 330 g/mol. The van der Waals surface area contributed by atoms with E-state index in [4.69, 9.17) is 9.15 Å². The topological polar surface area (TPSA) is 71.7 Å². The summed E-state index contributed by atoms with van der Waals surface area (Å²) in [7, 11) is 3.62. The second-order valence-electron chi connectivity index (χ2n) is 6.01. The van der Waals surface area contributed by atoms with Gasteiger partial charge >= 0.3 is 0 Å². The lowest BCUT2D eigenvalue weighted by atomic mass is 10.0. The maximum atomic E-state index is 13.0. The Morgan fingerprint density at radius 2 is 2.12 bits per heavy atom. The predicted molar refractivity (Wildman–Crippen MR) is 87.7 cm³/mol. The zero-order chi connectivity index (χ0) is 16.9. The molecule has 0 N–H and O–H groups in total. The van der Waals surface area contributed by atoms with E-state index in [0.29, 0.717) is 18.1 Å². The van der Waals surface area contributed by atoms with Crippen molar-refractivity contribution in [1.82, 2.24) is 20.0 Å². The standard InChI is InChI=1S/C17H22N4O3/c1-20-9-7-13(8-10-20)21(12-14-4-3-11-24-14)17(22)15-5-6-16(23-2)19-18-15/h3-6,11,13H,7-10,12H2,1-2H3. The second kappa shape index (κ2) is 7.44. The lowest BCUT2D eigenvalue weighted by Crippen LogP contribution is -2.46. The number of methoxy groups -OCH3 is 1. The molecule has 0 unspecified atom stereocenters. The Kier molecular flexibility index (Phi) is 5.10. The molecule has 0 spiro atoms. The van der Waals surface area contributed by atoms with Gasteiger partial charge in [0.05, 0.1) is 19.9 Å². The molecular formula is C17H22N4O3. The number of amides is 1. The summed E-state index contributed by atoms with van der Waals surface area (Å²) >= 11 is 0. The Labute approximate surface area is 141 Å². The zero-order valence-corrected chi connectivity index (χ0v) is 14.0. The third-order valence-electron chi connectivity index (χ3n) is 4.36. The number of piperidine rings is 1. The number of hydrogen-bond acceptors (Lipinski definition) is 6. The van der Waals surface area contributed by atoms with E-state index in [1.165, 1.54) is 7.11 Å². The van der Waals surface area contributed by atoms with Crippen LogP contribution in [0.5, 0.6) is 5.88 Å². The van der Waals surface area contributed by atoms with Gasteiger partial charge in [-0.3, -0.25) is 4.79 Å². The molecule has 0 aromatic carbocycles. The van der Waals surface area contributed by atoms with Crippen LogP contribution in [0.2, 0.25) is 0 Å². The Hall–Kier alpha value is -2.41. The van der Waals surface area contributed by atoms with Gasteiger partial charge in [-0.2, -0.15) is 0 Å². The molecule has 0 atom stereocenters. The van der Waals surface area contributed by atoms with Crippen LogP contribution in [0.1, 0.15) is 29.1 Å². The van der Waals surface area contributed by atoms with Gasteiger partial charge in [0.2, 0.25) is 5.88 Å². The molecule has 1 aliphatic rings. The summed E-state index contributed by atoms with van der Waals surface area (Å²) in [6.07, 6.45) is 3.50. The molecule has 0 saturated carbocycles. The first-order valence-electron chi connectivity index (χ1n) is 8.07. The van der Waals surface area contributed by atoms with Crippen molar-refractivity contribution < 1.29 is 13.9 Å². The molecule has 1 amide bonds. The smallest absolute Gasteiger partial charge is 0.275 e. The monoisotopic (exact) mass is 330 g/mol. The molecule has 2 aromatic rings. The number of carbonyl (C=O) groups is 1. The Bertz CT molecular complexity index is 649. The Morgan fingerprint density at radius 1 is 1.33 bits per heavy atom. The van der Waals surface area contributed by atoms with Gasteiger partial charge in [0.15, 0.2) is 5.69 Å². The first-order chi connectivity index (χ1) is 11.7. The molecule has 1 aliphatic heterocycles. The van der Waals surface area contributed by atoms with Crippen LogP contribution in [0.3, 0.4) is 0 Å². The van der Waals surface area contributed by atoms with Gasteiger partial charge in [0.25, 0.3) is 5.91 Å². The number of likely N-dealkylation sites (tertiary alicyclic amines) is 1. The summed E-state index contributed by atoms with van der Waals surface area (Å²) in [5.41, 5.74) is 0.321. The van der Waals surface area contributed by atoms with Crippen LogP contribution in [0.25, 0.3) is 0 Å². The van der Waals surface area contributed by atoms with E-state index in [1.54, 1.807) is 18.4 Å². The number of ether oxygens (including phenoxy) is 1. The van der Waals surface area contributed by atoms with Crippen molar-refractivity contribution in [3.8, 4) is 5.88 Å². The van der Waals surface area contributed by atoms with E-state index in [9.17, 15) is 4.79 Å². The molecule has 1 saturated heterocycles. The number of furan rings is 1. The fourth-order valence-corrected chi connectivity index (χ4v) is 2.93. The van der Waals surface area contributed by atoms with Crippen LogP contribution in [0, 0.1) is 0 Å². The highest BCUT2D eigenvalue weighted by molar-refractivity contribution is 5.92. The summed E-state index contributed by atoms with van der Waals surface area (Å²) in [5.74, 6) is 1.03. The van der Waals surface area contributed by atoms with Crippen molar-refractivity contribution in [3.05, 3.63) is 42.0 Å². The van der Waals surface area contributed by atoms with Gasteiger partial charge in [0, 0.05) is 12.1 Å². The molecule has 0 radical (unpaired) electrons. The van der Waals surface area contributed by atoms with Crippen LogP contribution in [0.15, 0.2) is 34.9 Å². The fraction of sp³-hybridized carbons (Fsp3) is 0.471. The summed E-state index contributed by atoms with van der Waals surface area (Å²) in [6.45, 7) is 2.38. The van der Waals surface area contributed by atoms with Crippen molar-refractivity contribution in [2.75, 3.05) is 27.2 Å². The minimum absolute atomic E-state index is 0.129. The molecule has 3 rings (SSSR count). The van der Waals surface area contributed by atoms with E-state index < -0.39 is 0 Å². The van der Waals surface area contributed by atoms with Gasteiger partial charge in [-0.15, -0.1) is 10.2 Å². The quantitative estimate of drug-likeness (QED) is 0.833. The SMILES string of the molecule is COc1ccc(C(=O)N(Cc2ccco2)C2CCN(C)CC2)nn1. The largest absolute Gasteiger partial charge is 0.480 e. The highest BCUT2D eigenvalue weighted by atomic mass is 16.5. The number of hydrogen-bond donors (Lipinski definition) is 0. The van der Waals surface area contributed by atoms with Crippen molar-refractivity contribution in [3.63, 3.8) is 0 Å². The third kappa shape index (κ3) is 3.73. The fourth-order valence-electron chi connectivity index (χ4n) is 2.93. The van der Waals surface area contributed by atoms with Crippen molar-refractivity contribution in [1.29, 1.82) is 0 Å². The zero-order valence-electron chi connectivity index (χ0n) is 14.0. The molecule has 128 valence electrons. The van der Waals surface area contributed by atoms with E-state index in [2.05, 4.69) is 22.1 Å². The maximum absolute atomic E-state index is 13.0. The number of rotatable bonds is 5. The summed E-state index contributed by atoms with van der Waals surface area (Å²) in [4.78, 5) is 17.1. The van der Waals surface area contributed by atoms with Gasteiger partial charge in [-0.1, -0.05) is 0 Å². The lowest BCUT2D eigenvalue weighted by molar-refractivity contribution is 0.0543. The third-order valence-corrected chi connectivity index (χ3v) is 4.36. The maximum Gasteiger partial charge on any atom is 0.275 e. The van der Waals surface area contributed by atoms with Crippen LogP contribution < -0.4 is 4.74 Å². The summed E-state index contributed by atoms with van der Waals surface area (Å²) < 4.78 is 10.4. The minimum atomic E-state index is -0.129. The van der Waals surface area contributed by atoms with Crippen molar-refractivity contribution >= 4 is 5.91 Å². The van der Waals surface area contributed by atoms with Crippen LogP contribution >= 0.6 is 0 Å². The van der Waals surface area contributed by atoms with Gasteiger partial charge < -0.3 is 19.0 Å². The van der Waals surface area contributed by atoms with Gasteiger partial charge in [0.1, 0.15) is 5.76 Å². The molecule has 3 heterocycles. The van der Waals surface area contributed by atoms with Crippen molar-refractivity contribution in [2.24, 2.45) is 0 Å². The van der Waals surface area contributed by atoms with E-state index in [-0.39, 0.29) is 11.9 Å². The second-order valence-corrected chi connectivity index (χ2v) is 6.01. The normalized spacial score (nSPS) is 16.1. The van der Waals surface area contributed by atoms with Crippen LogP contribution in [0.4, 0.5) is 0 Å². The number of aromatic nitrogens is 2. The molecule has 7 heteroatoms. The van der Waals surface area contributed by atoms with Gasteiger partial charge in [-0.25, -0.2) is 0 Å². The first-order valence-corrected chi connectivity index (χ1v) is 8.07. The highest BCUT2D eigenvalue weighted by Gasteiger charge is 2.29. The van der Waals surface area contributed by atoms with E-state index in [0.717, 1.165) is 31.7 Å². The van der Waals surface area contributed by atoms with Crippen LogP contribution in [-0.2, 0) is 6.54 Å². The molecular weight excluding hydrogens is 308 g/mol. The van der Waals surface area contributed by atoms with E-state index in [1.807, 2.05) is 17.0 Å². The van der Waals surface area contributed by atoms with Crippen LogP contribution in [-0.4, -0.2) is 59.2 Å².